The van der Waals surface area contributed by atoms with Crippen LogP contribution in [0, 0.1) is 10.8 Å². The first-order valence-electron chi connectivity index (χ1n) is 6.48. The van der Waals surface area contributed by atoms with E-state index < -0.39 is 0 Å². The van der Waals surface area contributed by atoms with Crippen molar-refractivity contribution < 1.29 is 14.2 Å². The van der Waals surface area contributed by atoms with Gasteiger partial charge in [0.15, 0.2) is 18.1 Å². The summed E-state index contributed by atoms with van der Waals surface area (Å²) >= 11 is 0. The maximum absolute atomic E-state index is 11.9. The molecule has 0 aromatic carbocycles. The SMILES string of the molecule is CC(C)(C)C(=O)Cn1c[n+](CC(=O)C(C)(C)C)cn1. The minimum absolute atomic E-state index is 0.116. The second-order valence-corrected chi connectivity index (χ2v) is 6.96. The summed E-state index contributed by atoms with van der Waals surface area (Å²) in [6.07, 6.45) is 3.28. The first-order valence-corrected chi connectivity index (χ1v) is 6.48. The van der Waals surface area contributed by atoms with Crippen molar-refractivity contribution in [2.75, 3.05) is 0 Å². The number of carbonyl (C=O) groups is 2. The van der Waals surface area contributed by atoms with Gasteiger partial charge in [0.05, 0.1) is 0 Å². The predicted molar refractivity (Wildman–Crippen MR) is 71.3 cm³/mol. The molecule has 1 aromatic heterocycles. The van der Waals surface area contributed by atoms with Crippen molar-refractivity contribution in [3.63, 3.8) is 0 Å². The van der Waals surface area contributed by atoms with Crippen LogP contribution in [0.25, 0.3) is 0 Å². The predicted octanol–water partition coefficient (Wildman–Crippen LogP) is 1.40. The molecule has 0 saturated carbocycles. The van der Waals surface area contributed by atoms with Crippen LogP contribution in [0.3, 0.4) is 0 Å². The monoisotopic (exact) mass is 266 g/mol. The molecule has 0 spiro atoms. The third kappa shape index (κ3) is 4.58. The number of ketones is 2. The van der Waals surface area contributed by atoms with Crippen LogP contribution < -0.4 is 4.57 Å². The Morgan fingerprint density at radius 1 is 1.05 bits per heavy atom. The number of hydrogen-bond donors (Lipinski definition) is 0. The van der Waals surface area contributed by atoms with Crippen molar-refractivity contribution in [2.45, 2.75) is 54.6 Å². The Hall–Kier alpha value is -1.52. The summed E-state index contributed by atoms with van der Waals surface area (Å²) in [5.41, 5.74) is -0.742. The Balaban J connectivity index is 2.69. The molecular weight excluding hydrogens is 242 g/mol. The molecule has 0 fully saturated rings. The fourth-order valence-corrected chi connectivity index (χ4v) is 1.31. The van der Waals surface area contributed by atoms with Gasteiger partial charge in [-0.2, -0.15) is 0 Å². The minimum Gasteiger partial charge on any atom is -0.295 e. The lowest BCUT2D eigenvalue weighted by Gasteiger charge is -2.14. The highest BCUT2D eigenvalue weighted by atomic mass is 16.1. The summed E-state index contributed by atoms with van der Waals surface area (Å²) in [4.78, 5) is 23.8. The van der Waals surface area contributed by atoms with Crippen LogP contribution in [0.1, 0.15) is 41.5 Å². The van der Waals surface area contributed by atoms with Crippen LogP contribution in [0.2, 0.25) is 0 Å². The normalized spacial score (nSPS) is 12.5. The number of hydrogen-bond acceptors (Lipinski definition) is 3. The molecule has 0 aliphatic rings. The van der Waals surface area contributed by atoms with Crippen LogP contribution in [0.15, 0.2) is 12.7 Å². The van der Waals surface area contributed by atoms with E-state index in [1.807, 2.05) is 41.5 Å². The zero-order chi connectivity index (χ0) is 14.8. The fraction of sp³-hybridized carbons (Fsp3) is 0.714. The number of rotatable bonds is 4. The molecule has 0 amide bonds. The van der Waals surface area contributed by atoms with Crippen LogP contribution in [0.5, 0.6) is 0 Å². The van der Waals surface area contributed by atoms with E-state index in [1.54, 1.807) is 21.9 Å². The summed E-state index contributed by atoms with van der Waals surface area (Å²) < 4.78 is 3.28. The average Bonchev–Trinajstić information content (AvgIpc) is 2.62. The van der Waals surface area contributed by atoms with Gasteiger partial charge in [-0.05, 0) is 0 Å². The van der Waals surface area contributed by atoms with E-state index in [9.17, 15) is 9.59 Å². The molecule has 0 unspecified atom stereocenters. The third-order valence-corrected chi connectivity index (χ3v) is 2.93. The number of nitrogens with zero attached hydrogens (tertiary/aromatic N) is 3. The van der Waals surface area contributed by atoms with E-state index in [4.69, 9.17) is 0 Å². The summed E-state index contributed by atoms with van der Waals surface area (Å²) in [5.74, 6) is 0.254. The molecule has 5 nitrogen and oxygen atoms in total. The lowest BCUT2D eigenvalue weighted by molar-refractivity contribution is -0.685. The van der Waals surface area contributed by atoms with Crippen molar-refractivity contribution in [1.82, 2.24) is 9.78 Å². The van der Waals surface area contributed by atoms with Gasteiger partial charge in [0, 0.05) is 15.9 Å². The molecule has 1 aromatic rings. The van der Waals surface area contributed by atoms with Gasteiger partial charge in [-0.15, -0.1) is 4.68 Å². The maximum atomic E-state index is 11.9. The first-order chi connectivity index (χ1) is 8.50. The molecule has 0 N–H and O–H groups in total. The average molecular weight is 266 g/mol. The first kappa shape index (κ1) is 15.5. The molecule has 0 aliphatic heterocycles. The lowest BCUT2D eigenvalue weighted by atomic mass is 9.91. The molecule has 0 atom stereocenters. The van der Waals surface area contributed by atoms with Crippen molar-refractivity contribution in [3.05, 3.63) is 12.7 Å². The minimum atomic E-state index is -0.377. The fourth-order valence-electron chi connectivity index (χ4n) is 1.31. The van der Waals surface area contributed by atoms with Gasteiger partial charge >= 0.3 is 0 Å². The zero-order valence-electron chi connectivity index (χ0n) is 12.7. The highest BCUT2D eigenvalue weighted by Crippen LogP contribution is 2.15. The number of Topliss-reactive ketones (excluding diaryl/α,β-unsaturated/α-hetero) is 2. The second kappa shape index (κ2) is 5.23. The van der Waals surface area contributed by atoms with Crippen molar-refractivity contribution in [1.29, 1.82) is 0 Å². The van der Waals surface area contributed by atoms with Crippen LogP contribution in [-0.4, -0.2) is 21.3 Å². The standard InChI is InChI=1S/C14H24N3O2/c1-13(2,3)11(18)7-16-9-15-17(10-16)8-12(19)14(4,5)6/h9-10H,7-8H2,1-6H3/q+1. The Labute approximate surface area is 114 Å². The van der Waals surface area contributed by atoms with Gasteiger partial charge in [0.25, 0.3) is 6.33 Å². The van der Waals surface area contributed by atoms with Gasteiger partial charge in [-0.25, -0.2) is 4.57 Å². The molecule has 0 radical (unpaired) electrons. The van der Waals surface area contributed by atoms with E-state index in [1.165, 1.54) is 0 Å². The Kier molecular flexibility index (Phi) is 4.28. The van der Waals surface area contributed by atoms with Gasteiger partial charge in [0.1, 0.15) is 6.54 Å². The van der Waals surface area contributed by atoms with Crippen molar-refractivity contribution in [2.24, 2.45) is 10.8 Å². The van der Waals surface area contributed by atoms with E-state index >= 15 is 0 Å². The summed E-state index contributed by atoms with van der Waals surface area (Å²) in [5, 5.41) is 4.11. The molecule has 1 heterocycles. The summed E-state index contributed by atoms with van der Waals surface area (Å²) in [6.45, 7) is 11.9. The Bertz CT molecular complexity index is 433. The number of carbonyl (C=O) groups excluding carboxylic acids is 2. The van der Waals surface area contributed by atoms with E-state index in [0.29, 0.717) is 0 Å². The van der Waals surface area contributed by atoms with Crippen LogP contribution in [0.4, 0.5) is 0 Å². The molecule has 0 aliphatic carbocycles. The quantitative estimate of drug-likeness (QED) is 0.774. The molecule has 0 saturated heterocycles. The smallest absolute Gasteiger partial charge is 0.265 e. The van der Waals surface area contributed by atoms with E-state index in [0.717, 1.165) is 0 Å². The largest absolute Gasteiger partial charge is 0.295 e. The highest BCUT2D eigenvalue weighted by molar-refractivity contribution is 5.83. The van der Waals surface area contributed by atoms with Gasteiger partial charge in [-0.1, -0.05) is 41.5 Å². The lowest BCUT2D eigenvalue weighted by Crippen LogP contribution is -2.40. The Morgan fingerprint density at radius 3 is 2.05 bits per heavy atom. The van der Waals surface area contributed by atoms with Gasteiger partial charge < -0.3 is 0 Å². The van der Waals surface area contributed by atoms with Gasteiger partial charge in [-0.3, -0.25) is 9.59 Å². The van der Waals surface area contributed by atoms with E-state index in [-0.39, 0.29) is 35.5 Å². The van der Waals surface area contributed by atoms with Crippen molar-refractivity contribution >= 4 is 11.6 Å². The van der Waals surface area contributed by atoms with E-state index in [2.05, 4.69) is 5.10 Å². The topological polar surface area (TPSA) is 55.8 Å². The van der Waals surface area contributed by atoms with Gasteiger partial charge in [0.2, 0.25) is 6.33 Å². The molecular formula is C14H24N3O2+. The summed E-state index contributed by atoms with van der Waals surface area (Å²) in [7, 11) is 0. The molecule has 5 heteroatoms. The molecule has 1 rings (SSSR count). The summed E-state index contributed by atoms with van der Waals surface area (Å²) in [6, 6.07) is 0. The molecule has 0 bridgehead atoms. The van der Waals surface area contributed by atoms with Crippen LogP contribution >= 0.6 is 0 Å². The van der Waals surface area contributed by atoms with Crippen LogP contribution in [-0.2, 0) is 22.7 Å². The second-order valence-electron chi connectivity index (χ2n) is 6.96. The number of aromatic nitrogens is 3. The zero-order valence-corrected chi connectivity index (χ0v) is 12.7. The third-order valence-electron chi connectivity index (χ3n) is 2.93. The van der Waals surface area contributed by atoms with Crippen molar-refractivity contribution in [3.8, 4) is 0 Å². The maximum Gasteiger partial charge on any atom is 0.265 e. The molecule has 19 heavy (non-hydrogen) atoms. The highest BCUT2D eigenvalue weighted by Gasteiger charge is 2.26. The Morgan fingerprint density at radius 2 is 1.58 bits per heavy atom. The molecule has 106 valence electrons.